The quantitative estimate of drug-likeness (QED) is 0.714. The van der Waals surface area contributed by atoms with E-state index >= 15 is 0 Å². The summed E-state index contributed by atoms with van der Waals surface area (Å²) in [5.74, 6) is -1.08. The zero-order valence-corrected chi connectivity index (χ0v) is 11.5. The van der Waals surface area contributed by atoms with Gasteiger partial charge in [0.05, 0.1) is 19.1 Å². The average Bonchev–Trinajstić information content (AvgIpc) is 2.86. The number of aliphatic carboxylic acids is 1. The maximum atomic E-state index is 11.9. The summed E-state index contributed by atoms with van der Waals surface area (Å²) in [5.41, 5.74) is 0. The van der Waals surface area contributed by atoms with Crippen LogP contribution in [-0.2, 0) is 14.3 Å². The van der Waals surface area contributed by atoms with Crippen molar-refractivity contribution in [1.29, 1.82) is 0 Å². The molecule has 2 bridgehead atoms. The van der Waals surface area contributed by atoms with Gasteiger partial charge in [0.2, 0.25) is 5.91 Å². The van der Waals surface area contributed by atoms with E-state index in [9.17, 15) is 9.59 Å². The Bertz CT molecular complexity index is 361. The van der Waals surface area contributed by atoms with Gasteiger partial charge in [0.25, 0.3) is 0 Å². The third-order valence-corrected chi connectivity index (χ3v) is 4.15. The van der Waals surface area contributed by atoms with Crippen molar-refractivity contribution in [3.8, 4) is 0 Å². The van der Waals surface area contributed by atoms with E-state index in [-0.39, 0.29) is 30.0 Å². The second-order valence-electron chi connectivity index (χ2n) is 5.58. The van der Waals surface area contributed by atoms with Crippen molar-refractivity contribution >= 4 is 11.9 Å². The van der Waals surface area contributed by atoms with Crippen molar-refractivity contribution in [3.63, 3.8) is 0 Å². The number of carbonyl (C=O) groups is 2. The number of nitrogens with zero attached hydrogens (tertiary/aromatic N) is 1. The molecule has 2 saturated heterocycles. The van der Waals surface area contributed by atoms with Gasteiger partial charge in [-0.25, -0.2) is 0 Å². The zero-order valence-electron chi connectivity index (χ0n) is 11.5. The minimum atomic E-state index is -0.731. The predicted octanol–water partition coefficient (Wildman–Crippen LogP) is 0.0750. The lowest BCUT2D eigenvalue weighted by molar-refractivity contribution is -0.143. The second-order valence-corrected chi connectivity index (χ2v) is 5.58. The average molecular weight is 270 g/mol. The molecule has 4 atom stereocenters. The number of amides is 1. The molecule has 0 aromatic carbocycles. The molecule has 1 amide bonds. The largest absolute Gasteiger partial charge is 0.481 e. The molecule has 2 heterocycles. The molecule has 2 aliphatic rings. The Morgan fingerprint density at radius 2 is 2.21 bits per heavy atom. The van der Waals surface area contributed by atoms with Gasteiger partial charge in [0.15, 0.2) is 0 Å². The smallest absolute Gasteiger partial charge is 0.308 e. The van der Waals surface area contributed by atoms with E-state index in [0.717, 1.165) is 12.8 Å². The monoisotopic (exact) mass is 270 g/mol. The Labute approximate surface area is 113 Å². The van der Waals surface area contributed by atoms with Crippen LogP contribution in [-0.4, -0.2) is 60.3 Å². The van der Waals surface area contributed by atoms with Crippen LogP contribution in [0.15, 0.2) is 0 Å². The number of carboxylic acids is 1. The van der Waals surface area contributed by atoms with Gasteiger partial charge >= 0.3 is 5.97 Å². The third kappa shape index (κ3) is 3.06. The number of nitrogens with one attached hydrogen (secondary N) is 1. The van der Waals surface area contributed by atoms with Crippen molar-refractivity contribution in [2.45, 2.75) is 44.3 Å². The van der Waals surface area contributed by atoms with Gasteiger partial charge < -0.3 is 15.2 Å². The Balaban J connectivity index is 1.86. The summed E-state index contributed by atoms with van der Waals surface area (Å²) >= 11 is 0. The maximum absolute atomic E-state index is 11.9. The van der Waals surface area contributed by atoms with E-state index in [2.05, 4.69) is 10.2 Å². The molecular weight excluding hydrogens is 248 g/mol. The van der Waals surface area contributed by atoms with Gasteiger partial charge in [-0.1, -0.05) is 0 Å². The van der Waals surface area contributed by atoms with Gasteiger partial charge in [-0.2, -0.15) is 0 Å². The van der Waals surface area contributed by atoms with Crippen molar-refractivity contribution in [2.24, 2.45) is 5.92 Å². The number of rotatable bonds is 6. The summed E-state index contributed by atoms with van der Waals surface area (Å²) in [7, 11) is 1.60. The molecule has 6 heteroatoms. The van der Waals surface area contributed by atoms with Crippen molar-refractivity contribution < 1.29 is 19.4 Å². The molecule has 0 aromatic heterocycles. The molecule has 0 spiro atoms. The number of hydrogen-bond donors (Lipinski definition) is 2. The SMILES string of the molecule is COCC(C)NC(=O)CN1C2CCC1C(C(=O)O)C2. The molecule has 0 radical (unpaired) electrons. The van der Waals surface area contributed by atoms with Crippen molar-refractivity contribution in [2.75, 3.05) is 20.3 Å². The van der Waals surface area contributed by atoms with E-state index in [4.69, 9.17) is 9.84 Å². The lowest BCUT2D eigenvalue weighted by atomic mass is 9.89. The molecule has 19 heavy (non-hydrogen) atoms. The molecular formula is C13H22N2O4. The van der Waals surface area contributed by atoms with E-state index in [1.165, 1.54) is 0 Å². The number of carboxylic acid groups (broad SMARTS) is 1. The predicted molar refractivity (Wildman–Crippen MR) is 68.7 cm³/mol. The molecule has 0 aromatic rings. The molecule has 0 saturated carbocycles. The first-order chi connectivity index (χ1) is 9.02. The summed E-state index contributed by atoms with van der Waals surface area (Å²) in [6.45, 7) is 2.67. The number of methoxy groups -OCH3 is 1. The van der Waals surface area contributed by atoms with Gasteiger partial charge in [-0.05, 0) is 26.2 Å². The fraction of sp³-hybridized carbons (Fsp3) is 0.846. The minimum Gasteiger partial charge on any atom is -0.481 e. The van der Waals surface area contributed by atoms with Gasteiger partial charge in [0.1, 0.15) is 0 Å². The summed E-state index contributed by atoms with van der Waals surface area (Å²) in [6.07, 6.45) is 2.58. The molecule has 2 fully saturated rings. The molecule has 108 valence electrons. The van der Waals surface area contributed by atoms with E-state index in [1.54, 1.807) is 7.11 Å². The molecule has 2 aliphatic heterocycles. The molecule has 2 N–H and O–H groups in total. The fourth-order valence-corrected chi connectivity index (χ4v) is 3.39. The van der Waals surface area contributed by atoms with Crippen molar-refractivity contribution in [3.05, 3.63) is 0 Å². The van der Waals surface area contributed by atoms with Gasteiger partial charge in [-0.3, -0.25) is 14.5 Å². The normalized spacial score (nSPS) is 31.4. The Kier molecular flexibility index (Phi) is 4.42. The molecule has 6 nitrogen and oxygen atoms in total. The summed E-state index contributed by atoms with van der Waals surface area (Å²) in [4.78, 5) is 25.1. The number of hydrogen-bond acceptors (Lipinski definition) is 4. The first-order valence-electron chi connectivity index (χ1n) is 6.79. The van der Waals surface area contributed by atoms with Crippen molar-refractivity contribution in [1.82, 2.24) is 10.2 Å². The highest BCUT2D eigenvalue weighted by Crippen LogP contribution is 2.41. The fourth-order valence-electron chi connectivity index (χ4n) is 3.39. The minimum absolute atomic E-state index is 0.0203. The highest BCUT2D eigenvalue weighted by molar-refractivity contribution is 5.79. The van der Waals surface area contributed by atoms with Crippen LogP contribution in [0, 0.1) is 5.92 Å². The lowest BCUT2D eigenvalue weighted by Gasteiger charge is -2.23. The maximum Gasteiger partial charge on any atom is 0.308 e. The van der Waals surface area contributed by atoms with Crippen LogP contribution >= 0.6 is 0 Å². The summed E-state index contributed by atoms with van der Waals surface area (Å²) in [5, 5.41) is 12.0. The standard InChI is InChI=1S/C13H22N2O4/c1-8(7-19-2)14-12(16)6-15-9-3-4-11(15)10(5-9)13(17)18/h8-11H,3-7H2,1-2H3,(H,14,16)(H,17,18). The summed E-state index contributed by atoms with van der Waals surface area (Å²) < 4.78 is 4.97. The highest BCUT2D eigenvalue weighted by Gasteiger charge is 2.49. The van der Waals surface area contributed by atoms with Crippen LogP contribution in [0.2, 0.25) is 0 Å². The van der Waals surface area contributed by atoms with E-state index < -0.39 is 5.97 Å². The Hall–Kier alpha value is -1.14. The van der Waals surface area contributed by atoms with Crippen LogP contribution in [0.3, 0.4) is 0 Å². The van der Waals surface area contributed by atoms with Crippen LogP contribution in [0.1, 0.15) is 26.2 Å². The molecule has 4 unspecified atom stereocenters. The molecule has 2 rings (SSSR count). The zero-order chi connectivity index (χ0) is 14.0. The topological polar surface area (TPSA) is 78.9 Å². The third-order valence-electron chi connectivity index (χ3n) is 4.15. The number of carbonyl (C=O) groups excluding carboxylic acids is 1. The number of fused-ring (bicyclic) bond motifs is 2. The first kappa shape index (κ1) is 14.3. The van der Waals surface area contributed by atoms with E-state index in [0.29, 0.717) is 19.6 Å². The van der Waals surface area contributed by atoms with Crippen LogP contribution < -0.4 is 5.32 Å². The van der Waals surface area contributed by atoms with Crippen LogP contribution in [0.25, 0.3) is 0 Å². The first-order valence-corrected chi connectivity index (χ1v) is 6.79. The van der Waals surface area contributed by atoms with Gasteiger partial charge in [0, 0.05) is 25.2 Å². The Morgan fingerprint density at radius 1 is 1.47 bits per heavy atom. The second kappa shape index (κ2) is 5.88. The molecule has 0 aliphatic carbocycles. The van der Waals surface area contributed by atoms with Crippen LogP contribution in [0.5, 0.6) is 0 Å². The number of ether oxygens (including phenoxy) is 1. The van der Waals surface area contributed by atoms with E-state index in [1.807, 2.05) is 6.92 Å². The van der Waals surface area contributed by atoms with Gasteiger partial charge in [-0.15, -0.1) is 0 Å². The Morgan fingerprint density at radius 3 is 2.79 bits per heavy atom. The van der Waals surface area contributed by atoms with Crippen LogP contribution in [0.4, 0.5) is 0 Å². The summed E-state index contributed by atoms with van der Waals surface area (Å²) in [6, 6.07) is 0.272. The lowest BCUT2D eigenvalue weighted by Crippen LogP contribution is -2.44. The highest BCUT2D eigenvalue weighted by atomic mass is 16.5.